The number of halogens is 1. The number of benzene rings is 2. The Morgan fingerprint density at radius 2 is 2.14 bits per heavy atom. The molecule has 2 aromatic carbocycles. The van der Waals surface area contributed by atoms with E-state index in [-0.39, 0.29) is 12.5 Å². The van der Waals surface area contributed by atoms with Crippen LogP contribution in [0.2, 0.25) is 5.02 Å². The van der Waals surface area contributed by atoms with Gasteiger partial charge in [-0.2, -0.15) is 5.26 Å². The second kappa shape index (κ2) is 6.64. The highest BCUT2D eigenvalue weighted by Gasteiger charge is 2.08. The molecular formula is C15H12ClN3O2. The molecule has 5 nitrogen and oxygen atoms in total. The van der Waals surface area contributed by atoms with E-state index in [1.165, 1.54) is 6.07 Å². The van der Waals surface area contributed by atoms with Gasteiger partial charge in [0.15, 0.2) is 6.61 Å². The summed E-state index contributed by atoms with van der Waals surface area (Å²) >= 11 is 5.95. The Hall–Kier alpha value is -2.71. The van der Waals surface area contributed by atoms with Gasteiger partial charge in [0.1, 0.15) is 5.75 Å². The first-order chi connectivity index (χ1) is 10.1. The summed E-state index contributed by atoms with van der Waals surface area (Å²) < 4.78 is 5.32. The Kier molecular flexibility index (Phi) is 4.64. The average Bonchev–Trinajstić information content (AvgIpc) is 2.47. The van der Waals surface area contributed by atoms with Gasteiger partial charge in [0, 0.05) is 11.8 Å². The summed E-state index contributed by atoms with van der Waals surface area (Å²) in [5.74, 6) is 0.122. The highest BCUT2D eigenvalue weighted by Crippen LogP contribution is 2.22. The predicted octanol–water partition coefficient (Wildman–Crippen LogP) is 2.81. The van der Waals surface area contributed by atoms with Crippen LogP contribution >= 0.6 is 11.6 Å². The van der Waals surface area contributed by atoms with Crippen LogP contribution in [0.25, 0.3) is 0 Å². The Morgan fingerprint density at radius 1 is 1.33 bits per heavy atom. The molecule has 0 atom stereocenters. The third-order valence-corrected chi connectivity index (χ3v) is 2.93. The first-order valence-electron chi connectivity index (χ1n) is 6.06. The fourth-order valence-corrected chi connectivity index (χ4v) is 1.79. The van der Waals surface area contributed by atoms with Gasteiger partial charge in [-0.3, -0.25) is 4.79 Å². The largest absolute Gasteiger partial charge is 0.484 e. The molecule has 0 radical (unpaired) electrons. The van der Waals surface area contributed by atoms with Crippen molar-refractivity contribution in [3.63, 3.8) is 0 Å². The number of ether oxygens (including phenoxy) is 1. The summed E-state index contributed by atoms with van der Waals surface area (Å²) in [5, 5.41) is 11.8. The Balaban J connectivity index is 1.98. The van der Waals surface area contributed by atoms with E-state index in [1.807, 2.05) is 6.07 Å². The van der Waals surface area contributed by atoms with Gasteiger partial charge in [-0.15, -0.1) is 0 Å². The first kappa shape index (κ1) is 14.7. The summed E-state index contributed by atoms with van der Waals surface area (Å²) in [4.78, 5) is 11.8. The zero-order valence-corrected chi connectivity index (χ0v) is 11.7. The smallest absolute Gasteiger partial charge is 0.262 e. The lowest BCUT2D eigenvalue weighted by atomic mass is 10.2. The summed E-state index contributed by atoms with van der Waals surface area (Å²) in [6.07, 6.45) is 0. The van der Waals surface area contributed by atoms with Gasteiger partial charge in [-0.1, -0.05) is 17.7 Å². The highest BCUT2D eigenvalue weighted by molar-refractivity contribution is 6.33. The maximum atomic E-state index is 11.8. The number of nitriles is 1. The van der Waals surface area contributed by atoms with Crippen molar-refractivity contribution in [2.75, 3.05) is 17.7 Å². The van der Waals surface area contributed by atoms with E-state index < -0.39 is 0 Å². The summed E-state index contributed by atoms with van der Waals surface area (Å²) in [6.45, 7) is -0.184. The van der Waals surface area contributed by atoms with Crippen LogP contribution in [0.1, 0.15) is 5.56 Å². The molecule has 0 saturated heterocycles. The van der Waals surface area contributed by atoms with Crippen LogP contribution in [-0.4, -0.2) is 12.5 Å². The van der Waals surface area contributed by atoms with Gasteiger partial charge in [0.05, 0.1) is 22.3 Å². The van der Waals surface area contributed by atoms with Crippen molar-refractivity contribution in [2.24, 2.45) is 0 Å². The molecule has 0 bridgehead atoms. The molecule has 106 valence electrons. The maximum absolute atomic E-state index is 11.8. The molecule has 0 fully saturated rings. The van der Waals surface area contributed by atoms with E-state index in [0.717, 1.165) is 0 Å². The molecule has 2 aromatic rings. The number of carbonyl (C=O) groups is 1. The van der Waals surface area contributed by atoms with Gasteiger partial charge in [-0.25, -0.2) is 0 Å². The zero-order valence-electron chi connectivity index (χ0n) is 11.0. The molecule has 0 aliphatic rings. The predicted molar refractivity (Wildman–Crippen MR) is 81.1 cm³/mol. The van der Waals surface area contributed by atoms with Crippen molar-refractivity contribution < 1.29 is 9.53 Å². The van der Waals surface area contributed by atoms with E-state index >= 15 is 0 Å². The fourth-order valence-electron chi connectivity index (χ4n) is 1.63. The molecule has 0 saturated carbocycles. The minimum atomic E-state index is -0.380. The third-order valence-electron chi connectivity index (χ3n) is 2.60. The number of carbonyl (C=O) groups excluding carboxylic acids is 1. The minimum Gasteiger partial charge on any atom is -0.484 e. The van der Waals surface area contributed by atoms with Gasteiger partial charge in [0.2, 0.25) is 0 Å². The summed E-state index contributed by atoms with van der Waals surface area (Å²) in [7, 11) is 0. The topological polar surface area (TPSA) is 88.1 Å². The Morgan fingerprint density at radius 3 is 2.86 bits per heavy atom. The van der Waals surface area contributed by atoms with E-state index in [4.69, 9.17) is 27.3 Å². The molecule has 3 N–H and O–H groups in total. The van der Waals surface area contributed by atoms with Crippen LogP contribution in [-0.2, 0) is 4.79 Å². The molecular weight excluding hydrogens is 290 g/mol. The molecule has 0 aliphatic heterocycles. The molecule has 6 heteroatoms. The summed E-state index contributed by atoms with van der Waals surface area (Å²) in [5.41, 5.74) is 6.95. The number of amides is 1. The van der Waals surface area contributed by atoms with Crippen LogP contribution in [0.3, 0.4) is 0 Å². The average molecular weight is 302 g/mol. The number of anilines is 2. The third kappa shape index (κ3) is 4.13. The minimum absolute atomic E-state index is 0.184. The van der Waals surface area contributed by atoms with Crippen molar-refractivity contribution in [3.05, 3.63) is 53.1 Å². The van der Waals surface area contributed by atoms with Crippen molar-refractivity contribution >= 4 is 28.9 Å². The van der Waals surface area contributed by atoms with E-state index in [2.05, 4.69) is 5.32 Å². The molecule has 21 heavy (non-hydrogen) atoms. The van der Waals surface area contributed by atoms with Gasteiger partial charge >= 0.3 is 0 Å². The molecule has 2 rings (SSSR count). The quantitative estimate of drug-likeness (QED) is 0.850. The normalized spacial score (nSPS) is 9.71. The fraction of sp³-hybridized carbons (Fsp3) is 0.0667. The SMILES string of the molecule is N#Cc1ccc(Cl)c(NC(=O)COc2cccc(N)c2)c1. The summed E-state index contributed by atoms with van der Waals surface area (Å²) in [6, 6.07) is 13.4. The van der Waals surface area contributed by atoms with Gasteiger partial charge in [-0.05, 0) is 30.3 Å². The van der Waals surface area contributed by atoms with E-state index in [9.17, 15) is 4.79 Å². The molecule has 0 aliphatic carbocycles. The number of nitrogens with zero attached hydrogens (tertiary/aromatic N) is 1. The second-order valence-electron chi connectivity index (χ2n) is 4.22. The molecule has 0 unspecified atom stereocenters. The van der Waals surface area contributed by atoms with Crippen LogP contribution < -0.4 is 15.8 Å². The first-order valence-corrected chi connectivity index (χ1v) is 6.44. The lowest BCUT2D eigenvalue weighted by Crippen LogP contribution is -2.20. The molecule has 0 aromatic heterocycles. The monoisotopic (exact) mass is 301 g/mol. The number of nitrogens with two attached hydrogens (primary N) is 1. The molecule has 1 amide bonds. The van der Waals surface area contributed by atoms with Crippen LogP contribution in [0.5, 0.6) is 5.75 Å². The van der Waals surface area contributed by atoms with E-state index in [0.29, 0.717) is 27.7 Å². The number of rotatable bonds is 4. The van der Waals surface area contributed by atoms with Crippen LogP contribution in [0, 0.1) is 11.3 Å². The standard InChI is InChI=1S/C15H12ClN3O2/c16-13-5-4-10(8-17)6-14(13)19-15(20)9-21-12-3-1-2-11(18)7-12/h1-7H,9,18H2,(H,19,20). The lowest BCUT2D eigenvalue weighted by Gasteiger charge is -2.09. The van der Waals surface area contributed by atoms with Crippen molar-refractivity contribution in [1.82, 2.24) is 0 Å². The Labute approximate surface area is 126 Å². The second-order valence-corrected chi connectivity index (χ2v) is 4.62. The van der Waals surface area contributed by atoms with Crippen molar-refractivity contribution in [3.8, 4) is 11.8 Å². The number of nitrogen functional groups attached to an aromatic ring is 1. The molecule has 0 heterocycles. The van der Waals surface area contributed by atoms with Gasteiger partial charge < -0.3 is 15.8 Å². The maximum Gasteiger partial charge on any atom is 0.262 e. The number of hydrogen-bond acceptors (Lipinski definition) is 4. The number of hydrogen-bond donors (Lipinski definition) is 2. The van der Waals surface area contributed by atoms with Crippen molar-refractivity contribution in [1.29, 1.82) is 5.26 Å². The Bertz CT molecular complexity index is 710. The zero-order chi connectivity index (χ0) is 15.2. The molecule has 0 spiro atoms. The van der Waals surface area contributed by atoms with Crippen LogP contribution in [0.15, 0.2) is 42.5 Å². The van der Waals surface area contributed by atoms with E-state index in [1.54, 1.807) is 36.4 Å². The highest BCUT2D eigenvalue weighted by atomic mass is 35.5. The van der Waals surface area contributed by atoms with Gasteiger partial charge in [0.25, 0.3) is 5.91 Å². The van der Waals surface area contributed by atoms with Crippen molar-refractivity contribution in [2.45, 2.75) is 0 Å². The number of nitrogens with one attached hydrogen (secondary N) is 1. The lowest BCUT2D eigenvalue weighted by molar-refractivity contribution is -0.118. The van der Waals surface area contributed by atoms with Crippen LogP contribution in [0.4, 0.5) is 11.4 Å².